The quantitative estimate of drug-likeness (QED) is 0.586. The van der Waals surface area contributed by atoms with E-state index >= 15 is 0 Å². The molecule has 0 radical (unpaired) electrons. The van der Waals surface area contributed by atoms with Gasteiger partial charge in [-0.25, -0.2) is 5.84 Å². The van der Waals surface area contributed by atoms with Crippen molar-refractivity contribution in [3.63, 3.8) is 0 Å². The summed E-state index contributed by atoms with van der Waals surface area (Å²) in [6.07, 6.45) is 3.14. The highest BCUT2D eigenvalue weighted by atomic mass is 16.2. The first-order valence-corrected chi connectivity index (χ1v) is 7.32. The van der Waals surface area contributed by atoms with E-state index in [1.165, 1.54) is 6.42 Å². The first-order chi connectivity index (χ1) is 9.71. The first kappa shape index (κ1) is 15.7. The van der Waals surface area contributed by atoms with Gasteiger partial charge in [0.05, 0.1) is 0 Å². The summed E-state index contributed by atoms with van der Waals surface area (Å²) < 4.78 is 0. The molecule has 1 saturated carbocycles. The number of hydrogen-bond donors (Lipinski definition) is 3. The molecule has 2 rings (SSSR count). The van der Waals surface area contributed by atoms with Gasteiger partial charge in [0.15, 0.2) is 11.5 Å². The van der Waals surface area contributed by atoms with Crippen molar-refractivity contribution in [1.29, 1.82) is 0 Å². The van der Waals surface area contributed by atoms with Gasteiger partial charge in [-0.2, -0.15) is 0 Å². The molecule has 0 atom stereocenters. The predicted molar refractivity (Wildman–Crippen MR) is 82.5 cm³/mol. The van der Waals surface area contributed by atoms with Crippen LogP contribution in [-0.4, -0.2) is 22.1 Å². The van der Waals surface area contributed by atoms with E-state index in [1.807, 2.05) is 0 Å². The smallest absolute Gasteiger partial charge is 0.272 e. The Kier molecular flexibility index (Phi) is 4.18. The van der Waals surface area contributed by atoms with Crippen molar-refractivity contribution in [3.8, 4) is 0 Å². The number of carbonyl (C=O) groups is 1. The first-order valence-electron chi connectivity index (χ1n) is 7.32. The molecule has 6 nitrogen and oxygen atoms in total. The fraction of sp³-hybridized carbons (Fsp3) is 0.667. The van der Waals surface area contributed by atoms with Crippen LogP contribution in [0.2, 0.25) is 0 Å². The summed E-state index contributed by atoms with van der Waals surface area (Å²) in [6.45, 7) is 9.03. The van der Waals surface area contributed by atoms with Crippen LogP contribution in [0.5, 0.6) is 0 Å². The molecule has 0 unspecified atom stereocenters. The second-order valence-corrected chi connectivity index (χ2v) is 7.53. The van der Waals surface area contributed by atoms with E-state index in [4.69, 9.17) is 5.84 Å². The van der Waals surface area contributed by atoms with Gasteiger partial charge >= 0.3 is 0 Å². The SMILES string of the molecule is CC1(C)CC(NC(=O)c2ccc(NN)nn2)CC(C)(C)C1. The van der Waals surface area contributed by atoms with Crippen LogP contribution in [0, 0.1) is 10.8 Å². The van der Waals surface area contributed by atoms with E-state index in [9.17, 15) is 4.79 Å². The number of nitrogens with two attached hydrogens (primary N) is 1. The van der Waals surface area contributed by atoms with Crippen LogP contribution in [0.15, 0.2) is 12.1 Å². The summed E-state index contributed by atoms with van der Waals surface area (Å²) in [4.78, 5) is 12.3. The Hall–Kier alpha value is -1.69. The lowest BCUT2D eigenvalue weighted by molar-refractivity contribution is 0.0710. The Morgan fingerprint density at radius 1 is 1.19 bits per heavy atom. The van der Waals surface area contributed by atoms with Gasteiger partial charge in [-0.1, -0.05) is 27.7 Å². The number of nitrogens with one attached hydrogen (secondary N) is 2. The maximum atomic E-state index is 12.3. The van der Waals surface area contributed by atoms with Crippen LogP contribution >= 0.6 is 0 Å². The minimum absolute atomic E-state index is 0.172. The van der Waals surface area contributed by atoms with Crippen molar-refractivity contribution >= 4 is 11.7 Å². The number of anilines is 1. The average Bonchev–Trinajstić information content (AvgIpc) is 2.35. The summed E-state index contributed by atoms with van der Waals surface area (Å²) in [7, 11) is 0. The molecule has 4 N–H and O–H groups in total. The fourth-order valence-electron chi connectivity index (χ4n) is 3.74. The summed E-state index contributed by atoms with van der Waals surface area (Å²) in [5.41, 5.74) is 3.18. The Morgan fingerprint density at radius 2 is 1.81 bits per heavy atom. The van der Waals surface area contributed by atoms with E-state index in [2.05, 4.69) is 48.6 Å². The third-order valence-electron chi connectivity index (χ3n) is 3.94. The second kappa shape index (κ2) is 5.60. The zero-order valence-electron chi connectivity index (χ0n) is 13.2. The highest BCUT2D eigenvalue weighted by molar-refractivity contribution is 5.92. The fourth-order valence-corrected chi connectivity index (χ4v) is 3.74. The number of hydrogen-bond acceptors (Lipinski definition) is 5. The molecule has 1 fully saturated rings. The molecule has 0 aliphatic heterocycles. The van der Waals surface area contributed by atoms with Gasteiger partial charge in [0, 0.05) is 6.04 Å². The van der Waals surface area contributed by atoms with E-state index in [1.54, 1.807) is 12.1 Å². The highest BCUT2D eigenvalue weighted by Crippen LogP contribution is 2.45. The zero-order chi connectivity index (χ0) is 15.7. The average molecular weight is 291 g/mol. The van der Waals surface area contributed by atoms with Gasteiger partial charge in [-0.05, 0) is 42.2 Å². The van der Waals surface area contributed by atoms with Gasteiger partial charge in [0.25, 0.3) is 5.91 Å². The number of hydrazine groups is 1. The maximum Gasteiger partial charge on any atom is 0.272 e. The van der Waals surface area contributed by atoms with Crippen LogP contribution in [0.4, 0.5) is 5.82 Å². The lowest BCUT2D eigenvalue weighted by Crippen LogP contribution is -2.46. The standard InChI is InChI=1S/C15H25N5O/c1-14(2)7-10(8-15(3,4)9-14)17-13(21)11-5-6-12(18-16)20-19-11/h5-6,10H,7-9,16H2,1-4H3,(H,17,21)(H,18,20). The number of carbonyl (C=O) groups excluding carboxylic acids is 1. The van der Waals surface area contributed by atoms with Gasteiger partial charge in [-0.15, -0.1) is 10.2 Å². The molecule has 0 bridgehead atoms. The second-order valence-electron chi connectivity index (χ2n) is 7.53. The summed E-state index contributed by atoms with van der Waals surface area (Å²) in [6, 6.07) is 3.43. The van der Waals surface area contributed by atoms with E-state index in [0.717, 1.165) is 12.8 Å². The summed E-state index contributed by atoms with van der Waals surface area (Å²) >= 11 is 0. The van der Waals surface area contributed by atoms with Crippen LogP contribution in [0.3, 0.4) is 0 Å². The third-order valence-corrected chi connectivity index (χ3v) is 3.94. The topological polar surface area (TPSA) is 92.9 Å². The molecule has 21 heavy (non-hydrogen) atoms. The normalized spacial score (nSPS) is 20.8. The molecule has 116 valence electrons. The molecular formula is C15H25N5O. The highest BCUT2D eigenvalue weighted by Gasteiger charge is 2.39. The van der Waals surface area contributed by atoms with Gasteiger partial charge < -0.3 is 10.7 Å². The summed E-state index contributed by atoms with van der Waals surface area (Å²) in [5.74, 6) is 5.49. The lowest BCUT2D eigenvalue weighted by Gasteiger charge is -2.45. The minimum atomic E-state index is -0.176. The van der Waals surface area contributed by atoms with Crippen molar-refractivity contribution in [1.82, 2.24) is 15.5 Å². The Bertz CT molecular complexity index is 493. The molecule has 0 aromatic carbocycles. The number of aromatic nitrogens is 2. The van der Waals surface area contributed by atoms with Crippen molar-refractivity contribution in [2.24, 2.45) is 16.7 Å². The predicted octanol–water partition coefficient (Wildman–Crippen LogP) is 2.10. The van der Waals surface area contributed by atoms with Crippen LogP contribution in [0.1, 0.15) is 57.4 Å². The Balaban J connectivity index is 2.04. The summed E-state index contributed by atoms with van der Waals surface area (Å²) in [5, 5.41) is 10.8. The van der Waals surface area contributed by atoms with Gasteiger partial charge in [-0.3, -0.25) is 4.79 Å². The van der Waals surface area contributed by atoms with Crippen LogP contribution in [-0.2, 0) is 0 Å². The monoisotopic (exact) mass is 291 g/mol. The minimum Gasteiger partial charge on any atom is -0.348 e. The Morgan fingerprint density at radius 3 is 2.29 bits per heavy atom. The van der Waals surface area contributed by atoms with Crippen molar-refractivity contribution in [3.05, 3.63) is 17.8 Å². The molecule has 0 spiro atoms. The van der Waals surface area contributed by atoms with E-state index < -0.39 is 0 Å². The molecule has 1 heterocycles. The number of nitrogen functional groups attached to an aromatic ring is 1. The van der Waals surface area contributed by atoms with Crippen molar-refractivity contribution < 1.29 is 4.79 Å². The van der Waals surface area contributed by atoms with Crippen molar-refractivity contribution in [2.75, 3.05) is 5.43 Å². The molecule has 0 saturated heterocycles. The molecular weight excluding hydrogens is 266 g/mol. The molecule has 1 amide bonds. The van der Waals surface area contributed by atoms with Crippen LogP contribution in [0.25, 0.3) is 0 Å². The third kappa shape index (κ3) is 4.14. The number of rotatable bonds is 3. The van der Waals surface area contributed by atoms with Gasteiger partial charge in [0.2, 0.25) is 0 Å². The molecule has 1 aromatic heterocycles. The molecule has 1 aliphatic rings. The number of amides is 1. The molecule has 1 aromatic rings. The molecule has 1 aliphatic carbocycles. The molecule has 6 heteroatoms. The zero-order valence-corrected chi connectivity index (χ0v) is 13.2. The lowest BCUT2D eigenvalue weighted by atomic mass is 9.63. The van der Waals surface area contributed by atoms with Crippen LogP contribution < -0.4 is 16.6 Å². The van der Waals surface area contributed by atoms with Crippen molar-refractivity contribution in [2.45, 2.75) is 53.0 Å². The van der Waals surface area contributed by atoms with Gasteiger partial charge in [0.1, 0.15) is 0 Å². The largest absolute Gasteiger partial charge is 0.348 e. The van der Waals surface area contributed by atoms with E-state index in [-0.39, 0.29) is 22.8 Å². The Labute approximate surface area is 125 Å². The maximum absolute atomic E-state index is 12.3. The number of nitrogens with zero attached hydrogens (tertiary/aromatic N) is 2. The van der Waals surface area contributed by atoms with E-state index in [0.29, 0.717) is 11.5 Å².